The average Bonchev–Trinajstić information content (AvgIpc) is 3.58. The second kappa shape index (κ2) is 9.80. The van der Waals surface area contributed by atoms with Gasteiger partial charge < -0.3 is 9.30 Å². The summed E-state index contributed by atoms with van der Waals surface area (Å²) in [5.41, 5.74) is 3.45. The maximum absolute atomic E-state index is 12.9. The number of sulfonamides is 1. The highest BCUT2D eigenvalue weighted by molar-refractivity contribution is 7.89. The molecule has 0 N–H and O–H groups in total. The van der Waals surface area contributed by atoms with Gasteiger partial charge in [0.2, 0.25) is 10.0 Å². The van der Waals surface area contributed by atoms with Crippen LogP contribution in [0.1, 0.15) is 38.3 Å². The van der Waals surface area contributed by atoms with Crippen LogP contribution in [-0.4, -0.2) is 51.8 Å². The Labute approximate surface area is 211 Å². The van der Waals surface area contributed by atoms with Crippen molar-refractivity contribution in [2.24, 2.45) is 5.92 Å². The van der Waals surface area contributed by atoms with E-state index in [4.69, 9.17) is 4.74 Å². The second-order valence-electron chi connectivity index (χ2n) is 9.81. The standard InChI is InChI=1S/C27H31N5O3S/c33-36(34,25-4-3-11-28-18-25)31-13-8-21(9-14-31)19-30-12-10-23-16-22(6-7-26(23)30)24-17-29-32(20-24)27-5-1-2-15-35-27/h3-4,6-7,10-12,16-18,20-21,27H,1-2,5,8-9,13-15,19H2. The molecule has 1 atom stereocenters. The molecule has 36 heavy (non-hydrogen) atoms. The van der Waals surface area contributed by atoms with Crippen molar-refractivity contribution < 1.29 is 13.2 Å². The number of benzene rings is 1. The zero-order valence-electron chi connectivity index (χ0n) is 20.2. The third-order valence-corrected chi connectivity index (χ3v) is 9.34. The molecular formula is C27H31N5O3S. The number of aromatic nitrogens is 4. The van der Waals surface area contributed by atoms with Gasteiger partial charge in [0, 0.05) is 67.5 Å². The zero-order valence-corrected chi connectivity index (χ0v) is 21.1. The lowest BCUT2D eigenvalue weighted by atomic mass is 9.98. The minimum absolute atomic E-state index is 0.0445. The van der Waals surface area contributed by atoms with Gasteiger partial charge >= 0.3 is 0 Å². The predicted molar refractivity (Wildman–Crippen MR) is 138 cm³/mol. The van der Waals surface area contributed by atoms with Crippen LogP contribution < -0.4 is 0 Å². The third kappa shape index (κ3) is 4.58. The van der Waals surface area contributed by atoms with Crippen molar-refractivity contribution >= 4 is 20.9 Å². The Morgan fingerprint density at radius 1 is 1.00 bits per heavy atom. The number of rotatable bonds is 6. The first-order valence-electron chi connectivity index (χ1n) is 12.7. The first-order valence-corrected chi connectivity index (χ1v) is 14.2. The Hall–Kier alpha value is -3.01. The van der Waals surface area contributed by atoms with Crippen LogP contribution in [0, 0.1) is 5.92 Å². The van der Waals surface area contributed by atoms with Crippen molar-refractivity contribution in [2.45, 2.75) is 49.8 Å². The molecule has 6 rings (SSSR count). The number of ether oxygens (including phenoxy) is 1. The molecule has 4 aromatic rings. The summed E-state index contributed by atoms with van der Waals surface area (Å²) >= 11 is 0. The fourth-order valence-corrected chi connectivity index (χ4v) is 6.81. The van der Waals surface area contributed by atoms with Gasteiger partial charge in [0.05, 0.1) is 6.20 Å². The van der Waals surface area contributed by atoms with Gasteiger partial charge in [0.1, 0.15) is 11.1 Å². The lowest BCUT2D eigenvalue weighted by Crippen LogP contribution is -2.39. The maximum Gasteiger partial charge on any atom is 0.244 e. The summed E-state index contributed by atoms with van der Waals surface area (Å²) in [6, 6.07) is 12.0. The molecule has 0 aliphatic carbocycles. The van der Waals surface area contributed by atoms with E-state index < -0.39 is 10.0 Å². The van der Waals surface area contributed by atoms with E-state index >= 15 is 0 Å². The highest BCUT2D eigenvalue weighted by Crippen LogP contribution is 2.30. The van der Waals surface area contributed by atoms with Gasteiger partial charge in [-0.05, 0) is 73.9 Å². The molecule has 0 radical (unpaired) electrons. The number of fused-ring (bicyclic) bond motifs is 1. The molecule has 1 unspecified atom stereocenters. The van der Waals surface area contributed by atoms with Gasteiger partial charge in [-0.3, -0.25) is 4.98 Å². The van der Waals surface area contributed by atoms with Crippen molar-refractivity contribution in [3.63, 3.8) is 0 Å². The number of hydrogen-bond acceptors (Lipinski definition) is 5. The molecule has 3 aromatic heterocycles. The number of piperidine rings is 1. The molecule has 1 aromatic carbocycles. The molecule has 0 amide bonds. The van der Waals surface area contributed by atoms with Crippen LogP contribution in [0.5, 0.6) is 0 Å². The molecule has 2 fully saturated rings. The summed E-state index contributed by atoms with van der Waals surface area (Å²) in [5, 5.41) is 5.76. The van der Waals surface area contributed by atoms with E-state index in [9.17, 15) is 8.42 Å². The van der Waals surface area contributed by atoms with E-state index in [1.807, 2.05) is 10.9 Å². The Bertz CT molecular complexity index is 1430. The molecule has 0 saturated carbocycles. The molecular weight excluding hydrogens is 474 g/mol. The third-order valence-electron chi connectivity index (χ3n) is 7.46. The molecule has 8 nitrogen and oxygen atoms in total. The Balaban J connectivity index is 1.12. The first kappa shape index (κ1) is 23.4. The summed E-state index contributed by atoms with van der Waals surface area (Å²) in [5.74, 6) is 0.439. The normalized spacial score (nSPS) is 20.2. The fraction of sp³-hybridized carbons (Fsp3) is 0.407. The van der Waals surface area contributed by atoms with Crippen molar-refractivity contribution in [1.82, 2.24) is 23.6 Å². The molecule has 0 spiro atoms. The molecule has 188 valence electrons. The smallest absolute Gasteiger partial charge is 0.244 e. The highest BCUT2D eigenvalue weighted by atomic mass is 32.2. The number of hydrogen-bond donors (Lipinski definition) is 0. The Kier molecular flexibility index (Phi) is 6.37. The summed E-state index contributed by atoms with van der Waals surface area (Å²) in [6.07, 6.45) is 14.2. The van der Waals surface area contributed by atoms with Crippen LogP contribution in [0.3, 0.4) is 0 Å². The number of pyridine rings is 1. The summed E-state index contributed by atoms with van der Waals surface area (Å²) in [7, 11) is -3.47. The van der Waals surface area contributed by atoms with Gasteiger partial charge in [0.25, 0.3) is 0 Å². The largest absolute Gasteiger partial charge is 0.357 e. The predicted octanol–water partition coefficient (Wildman–Crippen LogP) is 4.70. The first-order chi connectivity index (χ1) is 17.6. The lowest BCUT2D eigenvalue weighted by molar-refractivity contribution is -0.0394. The van der Waals surface area contributed by atoms with Gasteiger partial charge in [-0.2, -0.15) is 9.40 Å². The molecule has 2 aliphatic heterocycles. The van der Waals surface area contributed by atoms with E-state index in [0.29, 0.717) is 19.0 Å². The zero-order chi connectivity index (χ0) is 24.5. The van der Waals surface area contributed by atoms with Crippen LogP contribution in [0.4, 0.5) is 0 Å². The maximum atomic E-state index is 12.9. The SMILES string of the molecule is O=S(=O)(c1cccnc1)N1CCC(Cn2ccc3cc(-c4cnn(C5CCCCO5)c4)ccc32)CC1. The summed E-state index contributed by atoms with van der Waals surface area (Å²) < 4.78 is 37.5. The van der Waals surface area contributed by atoms with Crippen molar-refractivity contribution in [1.29, 1.82) is 0 Å². The second-order valence-corrected chi connectivity index (χ2v) is 11.7. The summed E-state index contributed by atoms with van der Waals surface area (Å²) in [4.78, 5) is 4.24. The Morgan fingerprint density at radius 3 is 2.67 bits per heavy atom. The van der Waals surface area contributed by atoms with Gasteiger partial charge in [-0.15, -0.1) is 0 Å². The van der Waals surface area contributed by atoms with E-state index in [1.165, 1.54) is 23.5 Å². The van der Waals surface area contributed by atoms with Crippen molar-refractivity contribution in [3.8, 4) is 11.1 Å². The van der Waals surface area contributed by atoms with E-state index in [-0.39, 0.29) is 11.1 Å². The highest BCUT2D eigenvalue weighted by Gasteiger charge is 2.29. The minimum atomic E-state index is -3.47. The number of nitrogens with zero attached hydrogens (tertiary/aromatic N) is 5. The van der Waals surface area contributed by atoms with E-state index in [1.54, 1.807) is 22.6 Å². The topological polar surface area (TPSA) is 82.3 Å². The molecule has 2 aliphatic rings. The minimum Gasteiger partial charge on any atom is -0.357 e. The Morgan fingerprint density at radius 2 is 1.89 bits per heavy atom. The van der Waals surface area contributed by atoms with E-state index in [0.717, 1.165) is 50.0 Å². The van der Waals surface area contributed by atoms with Crippen LogP contribution in [0.25, 0.3) is 22.0 Å². The van der Waals surface area contributed by atoms with Crippen molar-refractivity contribution in [3.05, 3.63) is 67.4 Å². The van der Waals surface area contributed by atoms with Crippen LogP contribution in [-0.2, 0) is 21.3 Å². The van der Waals surface area contributed by atoms with Crippen LogP contribution in [0.15, 0.2) is 72.3 Å². The van der Waals surface area contributed by atoms with Crippen molar-refractivity contribution in [2.75, 3.05) is 19.7 Å². The molecule has 9 heteroatoms. The summed E-state index contributed by atoms with van der Waals surface area (Å²) in [6.45, 7) is 2.78. The monoisotopic (exact) mass is 505 g/mol. The van der Waals surface area contributed by atoms with E-state index in [2.05, 4.69) is 51.3 Å². The van der Waals surface area contributed by atoms with Crippen LogP contribution in [0.2, 0.25) is 0 Å². The molecule has 2 saturated heterocycles. The lowest BCUT2D eigenvalue weighted by Gasteiger charge is -2.31. The quantitative estimate of drug-likeness (QED) is 0.379. The fourth-order valence-electron chi connectivity index (χ4n) is 5.38. The molecule has 5 heterocycles. The van der Waals surface area contributed by atoms with Gasteiger partial charge in [-0.25, -0.2) is 13.1 Å². The molecule has 0 bridgehead atoms. The van der Waals surface area contributed by atoms with Gasteiger partial charge in [0.15, 0.2) is 0 Å². The average molecular weight is 506 g/mol. The van der Waals surface area contributed by atoms with Gasteiger partial charge in [-0.1, -0.05) is 6.07 Å². The van der Waals surface area contributed by atoms with Crippen LogP contribution >= 0.6 is 0 Å².